The highest BCUT2D eigenvalue weighted by molar-refractivity contribution is 6.46. The van der Waals surface area contributed by atoms with E-state index in [0.717, 1.165) is 31.4 Å². The van der Waals surface area contributed by atoms with Crippen molar-refractivity contribution in [2.75, 3.05) is 33.8 Å². The number of likely N-dealkylation sites (tertiary alicyclic amines) is 1. The van der Waals surface area contributed by atoms with Crippen LogP contribution in [0.2, 0.25) is 0 Å². The van der Waals surface area contributed by atoms with Crippen LogP contribution in [0.1, 0.15) is 49.4 Å². The Kier molecular flexibility index (Phi) is 8.28. The Balaban J connectivity index is 2.06. The summed E-state index contributed by atoms with van der Waals surface area (Å²) < 4.78 is 5.69. The number of carbonyl (C=O) groups is 2. The average Bonchev–Trinajstić information content (AvgIpc) is 3.07. The summed E-state index contributed by atoms with van der Waals surface area (Å²) in [5.41, 5.74) is 2.58. The first-order chi connectivity index (χ1) is 15.9. The number of Topliss-reactive ketones (excluding diaryl/α,β-unsaturated/α-hetero) is 1. The molecule has 0 bridgehead atoms. The molecule has 6 heteroatoms. The molecule has 1 saturated heterocycles. The lowest BCUT2D eigenvalue weighted by molar-refractivity contribution is -0.139. The fourth-order valence-corrected chi connectivity index (χ4v) is 4.06. The number of ketones is 1. The van der Waals surface area contributed by atoms with Gasteiger partial charge >= 0.3 is 0 Å². The molecule has 1 fully saturated rings. The van der Waals surface area contributed by atoms with Crippen molar-refractivity contribution >= 4 is 17.4 Å². The molecule has 3 rings (SSSR count). The topological polar surface area (TPSA) is 70.1 Å². The molecular weight excluding hydrogens is 416 g/mol. The monoisotopic (exact) mass is 450 g/mol. The normalized spacial score (nSPS) is 17.7. The zero-order valence-electron chi connectivity index (χ0n) is 20.0. The summed E-state index contributed by atoms with van der Waals surface area (Å²) in [6.45, 7) is 5.88. The third-order valence-corrected chi connectivity index (χ3v) is 5.83. The number of hydrogen-bond acceptors (Lipinski definition) is 5. The molecule has 1 heterocycles. The number of carbonyl (C=O) groups excluding carboxylic acids is 2. The van der Waals surface area contributed by atoms with Crippen molar-refractivity contribution in [3.05, 3.63) is 70.8 Å². The number of ether oxygens (including phenoxy) is 1. The van der Waals surface area contributed by atoms with Crippen molar-refractivity contribution < 1.29 is 19.4 Å². The maximum atomic E-state index is 13.1. The molecule has 2 aromatic carbocycles. The minimum Gasteiger partial charge on any atom is -0.507 e. The van der Waals surface area contributed by atoms with Crippen molar-refractivity contribution in [1.82, 2.24) is 9.80 Å². The van der Waals surface area contributed by atoms with Gasteiger partial charge in [-0.1, -0.05) is 50.2 Å². The zero-order valence-corrected chi connectivity index (χ0v) is 20.0. The van der Waals surface area contributed by atoms with Crippen LogP contribution >= 0.6 is 0 Å². The predicted molar refractivity (Wildman–Crippen MR) is 130 cm³/mol. The van der Waals surface area contributed by atoms with Gasteiger partial charge in [-0.15, -0.1) is 0 Å². The van der Waals surface area contributed by atoms with E-state index in [2.05, 4.69) is 6.92 Å². The van der Waals surface area contributed by atoms with Gasteiger partial charge in [-0.25, -0.2) is 0 Å². The first-order valence-corrected chi connectivity index (χ1v) is 11.6. The Morgan fingerprint density at radius 3 is 2.45 bits per heavy atom. The van der Waals surface area contributed by atoms with E-state index in [1.165, 1.54) is 5.56 Å². The van der Waals surface area contributed by atoms with Crippen LogP contribution in [0.25, 0.3) is 5.76 Å². The van der Waals surface area contributed by atoms with E-state index in [1.54, 1.807) is 23.1 Å². The van der Waals surface area contributed by atoms with Gasteiger partial charge in [-0.05, 0) is 63.2 Å². The van der Waals surface area contributed by atoms with E-state index in [1.807, 2.05) is 56.3 Å². The lowest BCUT2D eigenvalue weighted by Gasteiger charge is -2.26. The number of nitrogens with zero attached hydrogens (tertiary/aromatic N) is 2. The molecule has 6 nitrogen and oxygen atoms in total. The second kappa shape index (κ2) is 11.1. The molecule has 1 amide bonds. The van der Waals surface area contributed by atoms with Gasteiger partial charge < -0.3 is 19.6 Å². The summed E-state index contributed by atoms with van der Waals surface area (Å²) in [6.07, 6.45) is 2.49. The van der Waals surface area contributed by atoms with Crippen molar-refractivity contribution in [1.29, 1.82) is 0 Å². The van der Waals surface area contributed by atoms with Crippen molar-refractivity contribution in [3.8, 4) is 5.75 Å². The molecule has 2 aromatic rings. The molecule has 1 unspecified atom stereocenters. The van der Waals surface area contributed by atoms with Gasteiger partial charge in [0.15, 0.2) is 0 Å². The van der Waals surface area contributed by atoms with Gasteiger partial charge in [0.2, 0.25) is 0 Å². The summed E-state index contributed by atoms with van der Waals surface area (Å²) in [5, 5.41) is 11.2. The number of aliphatic hydroxyl groups is 1. The Morgan fingerprint density at radius 2 is 1.82 bits per heavy atom. The fraction of sp³-hybridized carbons (Fsp3) is 0.407. The molecule has 1 atom stereocenters. The van der Waals surface area contributed by atoms with Crippen LogP contribution in [0, 0.1) is 0 Å². The van der Waals surface area contributed by atoms with Crippen LogP contribution in [0.15, 0.2) is 54.1 Å². The van der Waals surface area contributed by atoms with Gasteiger partial charge in [0.05, 0.1) is 18.2 Å². The number of hydrogen-bond donors (Lipinski definition) is 1. The SMILES string of the molecule is CCCOc1cccc(/C(O)=C2\C(=O)C(=O)N(CCCN(C)C)C2c2ccc(CC)cc2)c1. The fourth-order valence-electron chi connectivity index (χ4n) is 4.06. The van der Waals surface area contributed by atoms with Crippen LogP contribution in [-0.4, -0.2) is 60.4 Å². The molecule has 0 saturated carbocycles. The summed E-state index contributed by atoms with van der Waals surface area (Å²) in [5.74, 6) is -0.778. The lowest BCUT2D eigenvalue weighted by atomic mass is 9.94. The van der Waals surface area contributed by atoms with Gasteiger partial charge in [-0.2, -0.15) is 0 Å². The molecule has 0 aliphatic carbocycles. The van der Waals surface area contributed by atoms with Crippen LogP contribution in [0.4, 0.5) is 0 Å². The van der Waals surface area contributed by atoms with Crippen LogP contribution in [-0.2, 0) is 16.0 Å². The highest BCUT2D eigenvalue weighted by atomic mass is 16.5. The summed E-state index contributed by atoms with van der Waals surface area (Å²) in [6, 6.07) is 14.3. The van der Waals surface area contributed by atoms with Gasteiger partial charge in [0, 0.05) is 12.1 Å². The Morgan fingerprint density at radius 1 is 1.09 bits per heavy atom. The smallest absolute Gasteiger partial charge is 0.295 e. The van der Waals surface area contributed by atoms with Crippen LogP contribution in [0.5, 0.6) is 5.75 Å². The molecule has 0 radical (unpaired) electrons. The number of aliphatic hydroxyl groups excluding tert-OH is 1. The van der Waals surface area contributed by atoms with E-state index in [4.69, 9.17) is 4.74 Å². The molecule has 33 heavy (non-hydrogen) atoms. The standard InChI is InChI=1S/C27H34N2O4/c1-5-17-33-22-10-7-9-21(18-22)25(30)23-24(20-13-11-19(6-2)12-14-20)29(27(32)26(23)31)16-8-15-28(3)4/h7,9-14,18,24,30H,5-6,8,15-17H2,1-4H3/b25-23+. The van der Waals surface area contributed by atoms with Gasteiger partial charge in [-0.3, -0.25) is 9.59 Å². The second-order valence-electron chi connectivity index (χ2n) is 8.62. The van der Waals surface area contributed by atoms with E-state index in [-0.39, 0.29) is 11.3 Å². The summed E-state index contributed by atoms with van der Waals surface area (Å²) in [7, 11) is 3.95. The number of amides is 1. The van der Waals surface area contributed by atoms with Crippen molar-refractivity contribution in [2.24, 2.45) is 0 Å². The third kappa shape index (κ3) is 5.63. The molecule has 176 valence electrons. The average molecular weight is 451 g/mol. The van der Waals surface area contributed by atoms with Crippen LogP contribution < -0.4 is 4.74 Å². The molecule has 0 aromatic heterocycles. The van der Waals surface area contributed by atoms with Gasteiger partial charge in [0.1, 0.15) is 11.5 Å². The van der Waals surface area contributed by atoms with E-state index in [0.29, 0.717) is 24.5 Å². The molecule has 1 N–H and O–H groups in total. The van der Waals surface area contributed by atoms with E-state index < -0.39 is 17.7 Å². The lowest BCUT2D eigenvalue weighted by Crippen LogP contribution is -2.32. The second-order valence-corrected chi connectivity index (χ2v) is 8.62. The van der Waals surface area contributed by atoms with E-state index >= 15 is 0 Å². The Bertz CT molecular complexity index is 1010. The van der Waals surface area contributed by atoms with E-state index in [9.17, 15) is 14.7 Å². The Hall–Kier alpha value is -3.12. The number of benzene rings is 2. The molecule has 0 spiro atoms. The van der Waals surface area contributed by atoms with Crippen molar-refractivity contribution in [2.45, 2.75) is 39.2 Å². The largest absolute Gasteiger partial charge is 0.507 e. The zero-order chi connectivity index (χ0) is 24.0. The quantitative estimate of drug-likeness (QED) is 0.330. The molecular formula is C27H34N2O4. The van der Waals surface area contributed by atoms with Gasteiger partial charge in [0.25, 0.3) is 11.7 Å². The summed E-state index contributed by atoms with van der Waals surface area (Å²) in [4.78, 5) is 29.8. The highest BCUT2D eigenvalue weighted by Crippen LogP contribution is 2.39. The third-order valence-electron chi connectivity index (χ3n) is 5.83. The van der Waals surface area contributed by atoms with Crippen molar-refractivity contribution in [3.63, 3.8) is 0 Å². The number of rotatable bonds is 10. The minimum atomic E-state index is -0.651. The highest BCUT2D eigenvalue weighted by Gasteiger charge is 2.45. The molecule has 1 aliphatic heterocycles. The maximum Gasteiger partial charge on any atom is 0.295 e. The summed E-state index contributed by atoms with van der Waals surface area (Å²) >= 11 is 0. The van der Waals surface area contributed by atoms with Crippen LogP contribution in [0.3, 0.4) is 0 Å². The Labute approximate surface area is 196 Å². The predicted octanol–water partition coefficient (Wildman–Crippen LogP) is 4.41. The number of aryl methyl sites for hydroxylation is 1. The minimum absolute atomic E-state index is 0.127. The first kappa shape index (κ1) is 24.5. The maximum absolute atomic E-state index is 13.1. The molecule has 1 aliphatic rings. The first-order valence-electron chi connectivity index (χ1n) is 11.6.